The number of ether oxygens (including phenoxy) is 1. The van der Waals surface area contributed by atoms with Gasteiger partial charge in [-0.2, -0.15) is 0 Å². The van der Waals surface area contributed by atoms with Crippen molar-refractivity contribution in [2.75, 3.05) is 13.2 Å². The molecule has 1 aromatic rings. The van der Waals surface area contributed by atoms with Crippen LogP contribution in [0.1, 0.15) is 23.4 Å². The largest absolute Gasteiger partial charge is 0.506 e. The van der Waals surface area contributed by atoms with Crippen molar-refractivity contribution in [1.29, 1.82) is 0 Å². The summed E-state index contributed by atoms with van der Waals surface area (Å²) in [5, 5.41) is 9.82. The van der Waals surface area contributed by atoms with Crippen LogP contribution in [0.25, 0.3) is 5.57 Å². The van der Waals surface area contributed by atoms with Crippen molar-refractivity contribution in [3.8, 4) is 5.75 Å². The van der Waals surface area contributed by atoms with Crippen LogP contribution < -0.4 is 0 Å². The van der Waals surface area contributed by atoms with Gasteiger partial charge in [-0.3, -0.25) is 0 Å². The second-order valence-corrected chi connectivity index (χ2v) is 3.81. The average molecular weight is 205 g/mol. The smallest absolute Gasteiger partial charge is 0.141 e. The number of hydrogen-bond donors (Lipinski definition) is 1. The van der Waals surface area contributed by atoms with E-state index < -0.39 is 0 Å². The molecule has 0 aliphatic carbocycles. The molecule has 0 saturated heterocycles. The molecule has 1 aromatic heterocycles. The van der Waals surface area contributed by atoms with E-state index in [1.807, 2.05) is 19.9 Å². The van der Waals surface area contributed by atoms with E-state index >= 15 is 0 Å². The second kappa shape index (κ2) is 4.03. The molecule has 2 heterocycles. The number of aromatic hydroxyl groups is 1. The van der Waals surface area contributed by atoms with E-state index in [0.717, 1.165) is 23.3 Å². The highest BCUT2D eigenvalue weighted by molar-refractivity contribution is 5.68. The lowest BCUT2D eigenvalue weighted by Gasteiger charge is -2.15. The molecule has 0 fully saturated rings. The Bertz CT molecular complexity index is 410. The van der Waals surface area contributed by atoms with Gasteiger partial charge in [0.1, 0.15) is 11.4 Å². The molecule has 1 aliphatic rings. The number of rotatable bonds is 1. The fraction of sp³-hybridized carbons (Fsp3) is 0.417. The number of hydrogen-bond acceptors (Lipinski definition) is 3. The molecule has 0 aromatic carbocycles. The summed E-state index contributed by atoms with van der Waals surface area (Å²) in [6, 6.07) is 1.77. The van der Waals surface area contributed by atoms with Crippen molar-refractivity contribution in [3.05, 3.63) is 29.1 Å². The molecule has 1 N–H and O–H groups in total. The van der Waals surface area contributed by atoms with Crippen LogP contribution >= 0.6 is 0 Å². The zero-order chi connectivity index (χ0) is 10.8. The summed E-state index contributed by atoms with van der Waals surface area (Å²) in [5.41, 5.74) is 3.78. The Morgan fingerprint density at radius 1 is 1.40 bits per heavy atom. The molecular formula is C12H15NO2. The lowest BCUT2D eigenvalue weighted by atomic mass is 10.0. The molecule has 0 amide bonds. The van der Waals surface area contributed by atoms with Crippen molar-refractivity contribution >= 4 is 5.57 Å². The van der Waals surface area contributed by atoms with E-state index in [9.17, 15) is 5.11 Å². The van der Waals surface area contributed by atoms with E-state index in [2.05, 4.69) is 4.98 Å². The van der Waals surface area contributed by atoms with Crippen molar-refractivity contribution in [3.63, 3.8) is 0 Å². The van der Waals surface area contributed by atoms with Crippen LogP contribution in [0, 0.1) is 13.8 Å². The van der Waals surface area contributed by atoms with Gasteiger partial charge in [-0.05, 0) is 37.5 Å². The Morgan fingerprint density at radius 2 is 2.20 bits per heavy atom. The van der Waals surface area contributed by atoms with Gasteiger partial charge < -0.3 is 9.84 Å². The Hall–Kier alpha value is -1.35. The molecule has 0 unspecified atom stereocenters. The van der Waals surface area contributed by atoms with Crippen LogP contribution in [0.4, 0.5) is 0 Å². The minimum atomic E-state index is 0.270. The maximum absolute atomic E-state index is 9.82. The molecule has 15 heavy (non-hydrogen) atoms. The molecule has 3 nitrogen and oxygen atoms in total. The zero-order valence-electron chi connectivity index (χ0n) is 9.08. The maximum atomic E-state index is 9.82. The zero-order valence-corrected chi connectivity index (χ0v) is 9.08. The average Bonchev–Trinajstić information content (AvgIpc) is 2.25. The first-order valence-electron chi connectivity index (χ1n) is 5.13. The van der Waals surface area contributed by atoms with Crippen molar-refractivity contribution in [1.82, 2.24) is 4.98 Å². The van der Waals surface area contributed by atoms with Crippen molar-refractivity contribution in [2.24, 2.45) is 0 Å². The summed E-state index contributed by atoms with van der Waals surface area (Å²) >= 11 is 0. The molecule has 0 atom stereocenters. The Balaban J connectivity index is 2.43. The number of nitrogens with zero attached hydrogens (tertiary/aromatic N) is 1. The van der Waals surface area contributed by atoms with Crippen molar-refractivity contribution < 1.29 is 9.84 Å². The number of aryl methyl sites for hydroxylation is 2. The molecule has 0 saturated carbocycles. The van der Waals surface area contributed by atoms with Gasteiger partial charge >= 0.3 is 0 Å². The van der Waals surface area contributed by atoms with Crippen LogP contribution in [0.15, 0.2) is 12.1 Å². The van der Waals surface area contributed by atoms with Crippen LogP contribution in [0.2, 0.25) is 0 Å². The van der Waals surface area contributed by atoms with E-state index in [1.165, 1.54) is 0 Å². The first kappa shape index (κ1) is 10.2. The van der Waals surface area contributed by atoms with E-state index in [0.29, 0.717) is 18.9 Å². The molecule has 1 aliphatic heterocycles. The van der Waals surface area contributed by atoms with Gasteiger partial charge in [-0.1, -0.05) is 6.08 Å². The summed E-state index contributed by atoms with van der Waals surface area (Å²) in [6.07, 6.45) is 2.81. The first-order valence-corrected chi connectivity index (χ1v) is 5.13. The quantitative estimate of drug-likeness (QED) is 0.764. The van der Waals surface area contributed by atoms with Crippen LogP contribution in [0.3, 0.4) is 0 Å². The maximum Gasteiger partial charge on any atom is 0.141 e. The SMILES string of the molecule is Cc1cc(O)c(C2=CCOCC2)nc1C. The predicted molar refractivity (Wildman–Crippen MR) is 58.8 cm³/mol. The molecule has 2 rings (SSSR count). The topological polar surface area (TPSA) is 42.4 Å². The van der Waals surface area contributed by atoms with E-state index in [4.69, 9.17) is 4.74 Å². The molecule has 0 bridgehead atoms. The van der Waals surface area contributed by atoms with Gasteiger partial charge in [0.2, 0.25) is 0 Å². The number of pyridine rings is 1. The number of aromatic nitrogens is 1. The Morgan fingerprint density at radius 3 is 2.87 bits per heavy atom. The van der Waals surface area contributed by atoms with Gasteiger partial charge in [0.05, 0.1) is 13.2 Å². The summed E-state index contributed by atoms with van der Waals surface area (Å²) in [6.45, 7) is 5.23. The third kappa shape index (κ3) is 2.02. The first-order chi connectivity index (χ1) is 7.18. The minimum absolute atomic E-state index is 0.270. The van der Waals surface area contributed by atoms with Gasteiger partial charge in [0, 0.05) is 5.69 Å². The summed E-state index contributed by atoms with van der Waals surface area (Å²) in [5.74, 6) is 0.270. The highest BCUT2D eigenvalue weighted by atomic mass is 16.5. The van der Waals surface area contributed by atoms with Crippen molar-refractivity contribution in [2.45, 2.75) is 20.3 Å². The second-order valence-electron chi connectivity index (χ2n) is 3.81. The minimum Gasteiger partial charge on any atom is -0.506 e. The summed E-state index contributed by atoms with van der Waals surface area (Å²) in [7, 11) is 0. The van der Waals surface area contributed by atoms with Gasteiger partial charge in [0.25, 0.3) is 0 Å². The van der Waals surface area contributed by atoms with Gasteiger partial charge in [-0.25, -0.2) is 4.98 Å². The Kier molecular flexibility index (Phi) is 2.73. The third-order valence-corrected chi connectivity index (χ3v) is 2.71. The normalized spacial score (nSPS) is 16.3. The molecule has 3 heteroatoms. The molecular weight excluding hydrogens is 190 g/mol. The van der Waals surface area contributed by atoms with E-state index in [-0.39, 0.29) is 5.75 Å². The highest BCUT2D eigenvalue weighted by Crippen LogP contribution is 2.28. The lowest BCUT2D eigenvalue weighted by molar-refractivity contribution is 0.161. The fourth-order valence-electron chi connectivity index (χ4n) is 1.67. The summed E-state index contributed by atoms with van der Waals surface area (Å²) in [4.78, 5) is 4.42. The van der Waals surface area contributed by atoms with E-state index in [1.54, 1.807) is 6.07 Å². The van der Waals surface area contributed by atoms with Gasteiger partial charge in [-0.15, -0.1) is 0 Å². The predicted octanol–water partition coefficient (Wildman–Crippen LogP) is 2.21. The lowest BCUT2D eigenvalue weighted by Crippen LogP contribution is -2.05. The molecule has 0 spiro atoms. The highest BCUT2D eigenvalue weighted by Gasteiger charge is 2.13. The fourth-order valence-corrected chi connectivity index (χ4v) is 1.67. The standard InChI is InChI=1S/C12H15NO2/c1-8-7-11(14)12(13-9(8)2)10-3-5-15-6-4-10/h3,7,14H,4-6H2,1-2H3. The Labute approximate surface area is 89.4 Å². The van der Waals surface area contributed by atoms with Crippen LogP contribution in [-0.2, 0) is 4.74 Å². The molecule has 80 valence electrons. The van der Waals surface area contributed by atoms with Gasteiger partial charge in [0.15, 0.2) is 0 Å². The third-order valence-electron chi connectivity index (χ3n) is 2.71. The summed E-state index contributed by atoms with van der Waals surface area (Å²) < 4.78 is 5.23. The molecule has 0 radical (unpaired) electrons. The van der Waals surface area contributed by atoms with Crippen LogP contribution in [0.5, 0.6) is 5.75 Å². The van der Waals surface area contributed by atoms with Crippen LogP contribution in [-0.4, -0.2) is 23.3 Å². The monoisotopic (exact) mass is 205 g/mol.